The molecule has 5 heteroatoms. The van der Waals surface area contributed by atoms with E-state index in [4.69, 9.17) is 15.2 Å². The van der Waals surface area contributed by atoms with Crippen molar-refractivity contribution < 1.29 is 14.3 Å². The first-order valence-electron chi connectivity index (χ1n) is 7.18. The molecule has 1 saturated heterocycles. The third-order valence-corrected chi connectivity index (χ3v) is 3.95. The lowest BCUT2D eigenvalue weighted by atomic mass is 9.88. The molecule has 1 heterocycles. The van der Waals surface area contributed by atoms with Gasteiger partial charge in [-0.1, -0.05) is 12.8 Å². The van der Waals surface area contributed by atoms with Crippen LogP contribution in [0.1, 0.15) is 46.5 Å². The van der Waals surface area contributed by atoms with Gasteiger partial charge in [-0.3, -0.25) is 4.90 Å². The molecule has 0 aromatic heterocycles. The summed E-state index contributed by atoms with van der Waals surface area (Å²) in [4.78, 5) is 14.1. The van der Waals surface area contributed by atoms with Gasteiger partial charge in [-0.2, -0.15) is 0 Å². The standard InChI is InChI=1S/C14H26N2O3/c1-13(2,3)19-12(17)16-8-9-18-10-11(16)14(15)6-4-5-7-14/h11H,4-10,15H2,1-3H3. The lowest BCUT2D eigenvalue weighted by Gasteiger charge is -2.44. The van der Waals surface area contributed by atoms with Gasteiger partial charge in [0.15, 0.2) is 0 Å². The molecule has 0 radical (unpaired) electrons. The molecule has 110 valence electrons. The van der Waals surface area contributed by atoms with Gasteiger partial charge < -0.3 is 15.2 Å². The molecule has 0 spiro atoms. The average molecular weight is 270 g/mol. The van der Waals surface area contributed by atoms with Gasteiger partial charge in [0.05, 0.1) is 19.3 Å². The number of hydrogen-bond donors (Lipinski definition) is 1. The maximum absolute atomic E-state index is 12.3. The zero-order valence-corrected chi connectivity index (χ0v) is 12.3. The minimum atomic E-state index is -0.475. The number of rotatable bonds is 1. The molecule has 1 unspecified atom stereocenters. The minimum absolute atomic E-state index is 0.0569. The molecule has 19 heavy (non-hydrogen) atoms. The van der Waals surface area contributed by atoms with E-state index >= 15 is 0 Å². The molecule has 2 aliphatic rings. The van der Waals surface area contributed by atoms with Gasteiger partial charge in [0.1, 0.15) is 5.60 Å². The fourth-order valence-corrected chi connectivity index (χ4v) is 2.99. The van der Waals surface area contributed by atoms with Gasteiger partial charge in [-0.15, -0.1) is 0 Å². The fraction of sp³-hybridized carbons (Fsp3) is 0.929. The summed E-state index contributed by atoms with van der Waals surface area (Å²) in [5.74, 6) is 0. The Morgan fingerprint density at radius 1 is 1.37 bits per heavy atom. The van der Waals surface area contributed by atoms with Gasteiger partial charge >= 0.3 is 6.09 Å². The molecule has 0 aromatic rings. The molecular formula is C14H26N2O3. The Balaban J connectivity index is 2.09. The van der Waals surface area contributed by atoms with Crippen molar-refractivity contribution in [3.63, 3.8) is 0 Å². The summed E-state index contributed by atoms with van der Waals surface area (Å²) in [6.07, 6.45) is 3.92. The lowest BCUT2D eigenvalue weighted by molar-refractivity contribution is -0.0511. The Morgan fingerprint density at radius 3 is 2.58 bits per heavy atom. The number of morpholine rings is 1. The van der Waals surface area contributed by atoms with Crippen LogP contribution in [-0.2, 0) is 9.47 Å². The highest BCUT2D eigenvalue weighted by atomic mass is 16.6. The Hall–Kier alpha value is -0.810. The van der Waals surface area contributed by atoms with Crippen molar-refractivity contribution in [3.05, 3.63) is 0 Å². The molecular weight excluding hydrogens is 244 g/mol. The Bertz CT molecular complexity index is 332. The van der Waals surface area contributed by atoms with Gasteiger partial charge in [0.2, 0.25) is 0 Å². The number of amides is 1. The van der Waals surface area contributed by atoms with Crippen LogP contribution in [0.3, 0.4) is 0 Å². The number of hydrogen-bond acceptors (Lipinski definition) is 4. The molecule has 0 aromatic carbocycles. The van der Waals surface area contributed by atoms with E-state index in [1.54, 1.807) is 4.90 Å². The highest BCUT2D eigenvalue weighted by molar-refractivity contribution is 5.69. The van der Waals surface area contributed by atoms with Gasteiger partial charge in [-0.05, 0) is 33.6 Å². The van der Waals surface area contributed by atoms with Crippen molar-refractivity contribution >= 4 is 6.09 Å². The highest BCUT2D eigenvalue weighted by Gasteiger charge is 2.45. The topological polar surface area (TPSA) is 64.8 Å². The van der Waals surface area contributed by atoms with Crippen molar-refractivity contribution in [3.8, 4) is 0 Å². The Morgan fingerprint density at radius 2 is 2.00 bits per heavy atom. The van der Waals surface area contributed by atoms with Gasteiger partial charge in [-0.25, -0.2) is 4.79 Å². The van der Waals surface area contributed by atoms with E-state index in [1.165, 1.54) is 0 Å². The summed E-state index contributed by atoms with van der Waals surface area (Å²) in [6.45, 7) is 7.30. The van der Waals surface area contributed by atoms with Crippen molar-refractivity contribution in [2.24, 2.45) is 5.73 Å². The van der Waals surface area contributed by atoms with E-state index in [0.29, 0.717) is 19.8 Å². The predicted molar refractivity (Wildman–Crippen MR) is 72.9 cm³/mol. The van der Waals surface area contributed by atoms with Crippen LogP contribution in [0.5, 0.6) is 0 Å². The zero-order valence-electron chi connectivity index (χ0n) is 12.3. The highest BCUT2D eigenvalue weighted by Crippen LogP contribution is 2.34. The van der Waals surface area contributed by atoms with Crippen molar-refractivity contribution in [1.82, 2.24) is 4.90 Å². The summed E-state index contributed by atoms with van der Waals surface area (Å²) in [5.41, 5.74) is 5.71. The molecule has 2 fully saturated rings. The molecule has 2 rings (SSSR count). The van der Waals surface area contributed by atoms with E-state index in [-0.39, 0.29) is 17.7 Å². The van der Waals surface area contributed by atoms with E-state index in [9.17, 15) is 4.79 Å². The smallest absolute Gasteiger partial charge is 0.410 e. The second-order valence-electron chi connectivity index (χ2n) is 6.70. The van der Waals surface area contributed by atoms with Crippen LogP contribution in [0, 0.1) is 0 Å². The van der Waals surface area contributed by atoms with E-state index in [2.05, 4.69) is 0 Å². The van der Waals surface area contributed by atoms with Crippen LogP contribution in [0.15, 0.2) is 0 Å². The summed E-state index contributed by atoms with van der Waals surface area (Å²) in [6, 6.07) is -0.0569. The van der Waals surface area contributed by atoms with Crippen LogP contribution in [0.2, 0.25) is 0 Å². The number of carbonyl (C=O) groups excluding carboxylic acids is 1. The SMILES string of the molecule is CC(C)(C)OC(=O)N1CCOCC1C1(N)CCCC1. The fourth-order valence-electron chi connectivity index (χ4n) is 2.99. The Kier molecular flexibility index (Phi) is 4.06. The monoisotopic (exact) mass is 270 g/mol. The molecule has 0 bridgehead atoms. The van der Waals surface area contributed by atoms with E-state index in [0.717, 1.165) is 25.7 Å². The first-order valence-corrected chi connectivity index (χ1v) is 7.18. The summed E-state index contributed by atoms with van der Waals surface area (Å²) in [7, 11) is 0. The normalized spacial score (nSPS) is 27.4. The number of carbonyl (C=O) groups is 1. The van der Waals surface area contributed by atoms with Crippen molar-refractivity contribution in [1.29, 1.82) is 0 Å². The quantitative estimate of drug-likeness (QED) is 0.790. The molecule has 1 amide bonds. The molecule has 1 atom stereocenters. The number of nitrogens with zero attached hydrogens (tertiary/aromatic N) is 1. The molecule has 1 saturated carbocycles. The maximum Gasteiger partial charge on any atom is 0.410 e. The van der Waals surface area contributed by atoms with Gasteiger partial charge in [0, 0.05) is 12.1 Å². The largest absolute Gasteiger partial charge is 0.444 e. The molecule has 2 N–H and O–H groups in total. The second-order valence-corrected chi connectivity index (χ2v) is 6.70. The molecule has 5 nitrogen and oxygen atoms in total. The van der Waals surface area contributed by atoms with Crippen LogP contribution >= 0.6 is 0 Å². The zero-order chi connectivity index (χ0) is 14.1. The van der Waals surface area contributed by atoms with Crippen LogP contribution in [0.25, 0.3) is 0 Å². The average Bonchev–Trinajstić information content (AvgIpc) is 2.75. The van der Waals surface area contributed by atoms with Crippen molar-refractivity contribution in [2.75, 3.05) is 19.8 Å². The first kappa shape index (κ1) is 14.6. The summed E-state index contributed by atoms with van der Waals surface area (Å²) in [5, 5.41) is 0. The third kappa shape index (κ3) is 3.39. The van der Waals surface area contributed by atoms with E-state index in [1.807, 2.05) is 20.8 Å². The maximum atomic E-state index is 12.3. The van der Waals surface area contributed by atoms with Crippen LogP contribution in [-0.4, -0.2) is 47.9 Å². The van der Waals surface area contributed by atoms with Gasteiger partial charge in [0.25, 0.3) is 0 Å². The second kappa shape index (κ2) is 5.29. The van der Waals surface area contributed by atoms with Crippen LogP contribution in [0.4, 0.5) is 4.79 Å². The predicted octanol–water partition coefficient (Wildman–Crippen LogP) is 1.89. The summed E-state index contributed by atoms with van der Waals surface area (Å²) < 4.78 is 11.0. The number of ether oxygens (including phenoxy) is 2. The van der Waals surface area contributed by atoms with E-state index < -0.39 is 5.60 Å². The molecule has 1 aliphatic carbocycles. The Labute approximate surface area is 115 Å². The minimum Gasteiger partial charge on any atom is -0.444 e. The lowest BCUT2D eigenvalue weighted by Crippen LogP contribution is -2.63. The molecule has 1 aliphatic heterocycles. The van der Waals surface area contributed by atoms with Crippen molar-refractivity contribution in [2.45, 2.75) is 63.6 Å². The number of nitrogens with two attached hydrogens (primary N) is 1. The van der Waals surface area contributed by atoms with Crippen LogP contribution < -0.4 is 5.73 Å². The summed E-state index contributed by atoms with van der Waals surface area (Å²) >= 11 is 0. The first-order chi connectivity index (χ1) is 8.82. The third-order valence-electron chi connectivity index (χ3n) is 3.95.